The van der Waals surface area contributed by atoms with Gasteiger partial charge in [0, 0.05) is 60.5 Å². The summed E-state index contributed by atoms with van der Waals surface area (Å²) in [5.41, 5.74) is 7.79. The normalized spacial score (nSPS) is 16.0. The van der Waals surface area contributed by atoms with Gasteiger partial charge in [0.25, 0.3) is 0 Å². The molecule has 2 aliphatic rings. The van der Waals surface area contributed by atoms with Crippen molar-refractivity contribution >= 4 is 16.7 Å². The fraction of sp³-hybridized carbons (Fsp3) is 0.250. The van der Waals surface area contributed by atoms with Crippen LogP contribution in [0.15, 0.2) is 55.4 Å². The van der Waals surface area contributed by atoms with Crippen LogP contribution in [0.4, 0.5) is 0 Å². The Hall–Kier alpha value is -3.99. The van der Waals surface area contributed by atoms with Gasteiger partial charge in [0.1, 0.15) is 18.4 Å². The zero-order chi connectivity index (χ0) is 24.1. The molecule has 2 aliphatic heterocycles. The van der Waals surface area contributed by atoms with Crippen LogP contribution in [0, 0.1) is 18.3 Å². The second-order valence-corrected chi connectivity index (χ2v) is 9.20. The Morgan fingerprint density at radius 3 is 2.97 bits per heavy atom. The van der Waals surface area contributed by atoms with Crippen molar-refractivity contribution in [2.24, 2.45) is 0 Å². The molecule has 174 valence electrons. The monoisotopic (exact) mass is 463 g/mol. The molecule has 1 atom stereocenters. The molecule has 6 rings (SSSR count). The number of benzene rings is 2. The van der Waals surface area contributed by atoms with Gasteiger partial charge in [-0.2, -0.15) is 5.26 Å². The molecule has 0 spiro atoms. The SMILES string of the molecule is C=C1OCc2c1ccc(C(O)CN1CCc3nc(-n4cc(C#N)c5ccccc54)ncc3C1)c2C. The Kier molecular flexibility index (Phi) is 5.14. The van der Waals surface area contributed by atoms with Crippen molar-refractivity contribution in [3.05, 3.63) is 94.4 Å². The van der Waals surface area contributed by atoms with Gasteiger partial charge in [-0.25, -0.2) is 9.97 Å². The number of hydrogen-bond acceptors (Lipinski definition) is 6. The number of hydrogen-bond donors (Lipinski definition) is 1. The van der Waals surface area contributed by atoms with Crippen molar-refractivity contribution in [1.82, 2.24) is 19.4 Å². The smallest absolute Gasteiger partial charge is 0.234 e. The summed E-state index contributed by atoms with van der Waals surface area (Å²) in [6.07, 6.45) is 3.86. The van der Waals surface area contributed by atoms with Gasteiger partial charge >= 0.3 is 0 Å². The molecule has 1 N–H and O–H groups in total. The highest BCUT2D eigenvalue weighted by Crippen LogP contribution is 2.34. The van der Waals surface area contributed by atoms with Crippen LogP contribution >= 0.6 is 0 Å². The van der Waals surface area contributed by atoms with E-state index in [1.54, 1.807) is 6.20 Å². The molecule has 4 heterocycles. The predicted molar refractivity (Wildman–Crippen MR) is 133 cm³/mol. The van der Waals surface area contributed by atoms with E-state index in [4.69, 9.17) is 9.72 Å². The zero-order valence-electron chi connectivity index (χ0n) is 19.5. The molecule has 1 unspecified atom stereocenters. The highest BCUT2D eigenvalue weighted by molar-refractivity contribution is 5.87. The van der Waals surface area contributed by atoms with Crippen LogP contribution in [-0.4, -0.2) is 37.6 Å². The van der Waals surface area contributed by atoms with E-state index in [2.05, 4.69) is 22.5 Å². The zero-order valence-corrected chi connectivity index (χ0v) is 19.5. The van der Waals surface area contributed by atoms with Crippen LogP contribution in [0.2, 0.25) is 0 Å². The number of para-hydroxylation sites is 1. The Labute approximate surface area is 203 Å². The lowest BCUT2D eigenvalue weighted by atomic mass is 9.94. The first-order valence-corrected chi connectivity index (χ1v) is 11.7. The van der Waals surface area contributed by atoms with E-state index in [1.807, 2.05) is 54.1 Å². The number of aliphatic hydroxyl groups is 1. The van der Waals surface area contributed by atoms with Crippen LogP contribution in [0.5, 0.6) is 0 Å². The van der Waals surface area contributed by atoms with Gasteiger partial charge in [-0.1, -0.05) is 36.9 Å². The molecule has 2 aromatic heterocycles. The van der Waals surface area contributed by atoms with Crippen molar-refractivity contribution in [2.75, 3.05) is 13.1 Å². The molecule has 0 saturated heterocycles. The van der Waals surface area contributed by atoms with Crippen molar-refractivity contribution in [3.63, 3.8) is 0 Å². The Morgan fingerprint density at radius 1 is 1.26 bits per heavy atom. The van der Waals surface area contributed by atoms with E-state index in [-0.39, 0.29) is 0 Å². The largest absolute Gasteiger partial charge is 0.489 e. The van der Waals surface area contributed by atoms with Crippen molar-refractivity contribution in [2.45, 2.75) is 32.6 Å². The first kappa shape index (κ1) is 21.5. The summed E-state index contributed by atoms with van der Waals surface area (Å²) < 4.78 is 7.47. The van der Waals surface area contributed by atoms with E-state index < -0.39 is 6.10 Å². The van der Waals surface area contributed by atoms with Crippen LogP contribution in [0.3, 0.4) is 0 Å². The first-order valence-electron chi connectivity index (χ1n) is 11.7. The van der Waals surface area contributed by atoms with Gasteiger partial charge < -0.3 is 9.84 Å². The van der Waals surface area contributed by atoms with Crippen LogP contribution < -0.4 is 0 Å². The van der Waals surface area contributed by atoms with Crippen molar-refractivity contribution in [3.8, 4) is 12.0 Å². The standard InChI is InChI=1S/C28H25N5O2/c1-17-21(7-8-22-18(2)35-16-24(17)22)27(34)15-32-10-9-25-20(13-32)12-30-28(31-25)33-14-19(11-29)23-5-3-4-6-26(23)33/h3-8,12,14,27,34H,2,9-10,13,15-16H2,1H3. The molecule has 4 aromatic rings. The molecule has 7 nitrogen and oxygen atoms in total. The summed E-state index contributed by atoms with van der Waals surface area (Å²) >= 11 is 0. The summed E-state index contributed by atoms with van der Waals surface area (Å²) in [5, 5.41) is 21.5. The van der Waals surface area contributed by atoms with E-state index in [0.29, 0.717) is 37.0 Å². The van der Waals surface area contributed by atoms with E-state index >= 15 is 0 Å². The van der Waals surface area contributed by atoms with Gasteiger partial charge in [-0.15, -0.1) is 0 Å². The number of ether oxygens (including phenoxy) is 1. The molecule has 7 heteroatoms. The van der Waals surface area contributed by atoms with E-state index in [9.17, 15) is 10.4 Å². The molecular weight excluding hydrogens is 438 g/mol. The lowest BCUT2D eigenvalue weighted by Gasteiger charge is -2.30. The average molecular weight is 464 g/mol. The molecule has 0 bridgehead atoms. The number of nitrogens with zero attached hydrogens (tertiary/aromatic N) is 5. The third-order valence-corrected chi connectivity index (χ3v) is 7.17. The fourth-order valence-corrected chi connectivity index (χ4v) is 5.23. The van der Waals surface area contributed by atoms with Gasteiger partial charge in [0.05, 0.1) is 22.9 Å². The Bertz CT molecular complexity index is 1530. The quantitative estimate of drug-likeness (QED) is 0.488. The molecule has 0 aliphatic carbocycles. The highest BCUT2D eigenvalue weighted by atomic mass is 16.5. The number of aliphatic hydroxyl groups excluding tert-OH is 1. The van der Waals surface area contributed by atoms with Gasteiger partial charge in [-0.3, -0.25) is 9.47 Å². The summed E-state index contributed by atoms with van der Waals surface area (Å²) in [7, 11) is 0. The third-order valence-electron chi connectivity index (χ3n) is 7.17. The number of aromatic nitrogens is 3. The van der Waals surface area contributed by atoms with Gasteiger partial charge in [0.2, 0.25) is 5.95 Å². The fourth-order valence-electron chi connectivity index (χ4n) is 5.23. The Morgan fingerprint density at radius 2 is 2.11 bits per heavy atom. The predicted octanol–water partition coefficient (Wildman–Crippen LogP) is 4.19. The minimum Gasteiger partial charge on any atom is -0.489 e. The minimum absolute atomic E-state index is 0.518. The average Bonchev–Trinajstić information content (AvgIpc) is 3.45. The molecule has 0 radical (unpaired) electrons. The molecular formula is C28H25N5O2. The maximum absolute atomic E-state index is 11.1. The second kappa shape index (κ2) is 8.35. The highest BCUT2D eigenvalue weighted by Gasteiger charge is 2.25. The summed E-state index contributed by atoms with van der Waals surface area (Å²) in [6.45, 7) is 8.54. The van der Waals surface area contributed by atoms with Crippen molar-refractivity contribution < 1.29 is 9.84 Å². The van der Waals surface area contributed by atoms with Gasteiger partial charge in [0.15, 0.2) is 0 Å². The van der Waals surface area contributed by atoms with E-state index in [1.165, 1.54) is 0 Å². The van der Waals surface area contributed by atoms with E-state index in [0.717, 1.165) is 57.4 Å². The van der Waals surface area contributed by atoms with Crippen LogP contribution in [0.1, 0.15) is 45.2 Å². The summed E-state index contributed by atoms with van der Waals surface area (Å²) in [6, 6.07) is 14.1. The summed E-state index contributed by atoms with van der Waals surface area (Å²) in [4.78, 5) is 11.7. The number of fused-ring (bicyclic) bond motifs is 3. The minimum atomic E-state index is -0.591. The lowest BCUT2D eigenvalue weighted by molar-refractivity contribution is 0.105. The van der Waals surface area contributed by atoms with Crippen LogP contribution in [0.25, 0.3) is 22.6 Å². The Balaban J connectivity index is 1.22. The second-order valence-electron chi connectivity index (χ2n) is 9.20. The summed E-state index contributed by atoms with van der Waals surface area (Å²) in [5.74, 6) is 1.28. The maximum Gasteiger partial charge on any atom is 0.234 e. The lowest BCUT2D eigenvalue weighted by Crippen LogP contribution is -2.35. The number of nitriles is 1. The maximum atomic E-state index is 11.1. The molecule has 35 heavy (non-hydrogen) atoms. The third kappa shape index (κ3) is 3.59. The van der Waals surface area contributed by atoms with Crippen molar-refractivity contribution in [1.29, 1.82) is 5.26 Å². The number of β-amino-alcohol motifs (C(OH)–C–C–N with tert-alkyl or cyclic N) is 1. The topological polar surface area (TPSA) is 87.2 Å². The molecule has 0 fully saturated rings. The van der Waals surface area contributed by atoms with Gasteiger partial charge in [-0.05, 0) is 24.1 Å². The van der Waals surface area contributed by atoms with Crippen LogP contribution in [-0.2, 0) is 24.3 Å². The number of rotatable bonds is 4. The first-order chi connectivity index (χ1) is 17.0. The molecule has 0 saturated carbocycles. The molecule has 2 aromatic carbocycles. The molecule has 0 amide bonds.